The zero-order valence-electron chi connectivity index (χ0n) is 13.4. The van der Waals surface area contributed by atoms with E-state index in [4.69, 9.17) is 19.6 Å². The number of rotatable bonds is 11. The van der Waals surface area contributed by atoms with Gasteiger partial charge in [-0.15, -0.1) is 0 Å². The molecule has 0 aliphatic carbocycles. The van der Waals surface area contributed by atoms with Crippen molar-refractivity contribution in [2.24, 2.45) is 0 Å². The lowest BCUT2D eigenvalue weighted by Crippen LogP contribution is -2.46. The predicted molar refractivity (Wildman–Crippen MR) is 78.6 cm³/mol. The molecule has 126 valence electrons. The first-order chi connectivity index (χ1) is 10.3. The molecule has 0 fully saturated rings. The zero-order chi connectivity index (χ0) is 17.1. The van der Waals surface area contributed by atoms with Gasteiger partial charge in [-0.25, -0.2) is 4.79 Å². The molecule has 0 unspecified atom stereocenters. The van der Waals surface area contributed by atoms with E-state index in [1.165, 1.54) is 14.0 Å². The maximum atomic E-state index is 11.9. The van der Waals surface area contributed by atoms with Crippen LogP contribution in [0.15, 0.2) is 0 Å². The number of amides is 1. The van der Waals surface area contributed by atoms with Gasteiger partial charge in [0, 0.05) is 13.5 Å². The van der Waals surface area contributed by atoms with E-state index in [1.54, 1.807) is 13.8 Å². The Morgan fingerprint density at radius 3 is 2.36 bits per heavy atom. The highest BCUT2D eigenvalue weighted by atomic mass is 16.7. The van der Waals surface area contributed by atoms with Crippen molar-refractivity contribution in [2.45, 2.75) is 51.9 Å². The van der Waals surface area contributed by atoms with Crippen LogP contribution in [0.5, 0.6) is 0 Å². The molecule has 8 heteroatoms. The average Bonchev–Trinajstić information content (AvgIpc) is 2.49. The number of carbonyl (C=O) groups is 3. The molecule has 2 atom stereocenters. The Labute approximate surface area is 130 Å². The van der Waals surface area contributed by atoms with Gasteiger partial charge in [-0.2, -0.15) is 0 Å². The van der Waals surface area contributed by atoms with Gasteiger partial charge in [0.15, 0.2) is 12.6 Å². The van der Waals surface area contributed by atoms with Gasteiger partial charge in [-0.1, -0.05) is 0 Å². The first-order valence-electron chi connectivity index (χ1n) is 6.96. The van der Waals surface area contributed by atoms with Crippen molar-refractivity contribution in [3.05, 3.63) is 0 Å². The number of carbonyl (C=O) groups excluding carboxylic acids is 3. The molecule has 1 amide bonds. The van der Waals surface area contributed by atoms with Gasteiger partial charge in [0.1, 0.15) is 12.1 Å². The van der Waals surface area contributed by atoms with Crippen molar-refractivity contribution in [3.8, 4) is 0 Å². The lowest BCUT2D eigenvalue weighted by molar-refractivity contribution is -0.163. The fraction of sp³-hybridized carbons (Fsp3) is 0.714. The van der Waals surface area contributed by atoms with Crippen LogP contribution in [0, 0.1) is 5.41 Å². The number of nitrogens with one attached hydrogen (secondary N) is 2. The molecular formula is C14H24N2O6. The van der Waals surface area contributed by atoms with Crippen LogP contribution in [0.2, 0.25) is 0 Å². The van der Waals surface area contributed by atoms with E-state index in [1.807, 2.05) is 0 Å². The summed E-state index contributed by atoms with van der Waals surface area (Å²) >= 11 is 0. The van der Waals surface area contributed by atoms with Gasteiger partial charge in [0.2, 0.25) is 5.91 Å². The van der Waals surface area contributed by atoms with Crippen LogP contribution in [-0.4, -0.2) is 56.0 Å². The summed E-state index contributed by atoms with van der Waals surface area (Å²) in [5.41, 5.74) is 0. The highest BCUT2D eigenvalue weighted by molar-refractivity contribution is 6.26. The summed E-state index contributed by atoms with van der Waals surface area (Å²) in [5, 5.41) is 9.30. The molecule has 0 bridgehead atoms. The van der Waals surface area contributed by atoms with E-state index < -0.39 is 29.8 Å². The largest absolute Gasteiger partial charge is 0.437 e. The molecule has 0 aliphatic heterocycles. The molecule has 0 aromatic rings. The van der Waals surface area contributed by atoms with Crippen molar-refractivity contribution in [1.29, 1.82) is 5.41 Å². The Hall–Kier alpha value is -1.80. The molecule has 2 N–H and O–H groups in total. The van der Waals surface area contributed by atoms with Gasteiger partial charge in [-0.3, -0.25) is 9.59 Å². The van der Waals surface area contributed by atoms with E-state index in [0.29, 0.717) is 6.21 Å². The first-order valence-corrected chi connectivity index (χ1v) is 6.96. The standard InChI is InChI=1S/C14H24N2O6/c1-9(2)21-8-22-14(19)12(6-5-11(17)7-15)16-13(18)10(3)20-4/h7,9-10,12,15H,5-6,8H2,1-4H3,(H,16,18)/t10-,12+/m1/s1. The van der Waals surface area contributed by atoms with Gasteiger partial charge in [0.25, 0.3) is 0 Å². The number of ketones is 1. The highest BCUT2D eigenvalue weighted by Gasteiger charge is 2.25. The minimum atomic E-state index is -0.996. The smallest absolute Gasteiger partial charge is 0.330 e. The molecule has 0 aliphatic rings. The molecule has 0 saturated heterocycles. The minimum Gasteiger partial charge on any atom is -0.437 e. The van der Waals surface area contributed by atoms with Crippen molar-refractivity contribution < 1.29 is 28.6 Å². The van der Waals surface area contributed by atoms with Crippen molar-refractivity contribution in [3.63, 3.8) is 0 Å². The van der Waals surface area contributed by atoms with E-state index >= 15 is 0 Å². The van der Waals surface area contributed by atoms with Gasteiger partial charge in [-0.05, 0) is 27.2 Å². The van der Waals surface area contributed by atoms with E-state index in [9.17, 15) is 14.4 Å². The molecular weight excluding hydrogens is 292 g/mol. The summed E-state index contributed by atoms with van der Waals surface area (Å²) in [6, 6.07) is -0.996. The van der Waals surface area contributed by atoms with Crippen LogP contribution in [0.1, 0.15) is 33.6 Å². The Morgan fingerprint density at radius 2 is 1.86 bits per heavy atom. The highest BCUT2D eigenvalue weighted by Crippen LogP contribution is 2.03. The van der Waals surface area contributed by atoms with Crippen LogP contribution >= 0.6 is 0 Å². The zero-order valence-corrected chi connectivity index (χ0v) is 13.4. The van der Waals surface area contributed by atoms with Crippen molar-refractivity contribution in [1.82, 2.24) is 5.32 Å². The fourth-order valence-electron chi connectivity index (χ4n) is 1.33. The van der Waals surface area contributed by atoms with E-state index in [0.717, 1.165) is 0 Å². The average molecular weight is 316 g/mol. The number of ether oxygens (including phenoxy) is 3. The summed E-state index contributed by atoms with van der Waals surface area (Å²) in [6.07, 6.45) is -0.175. The molecule has 0 radical (unpaired) electrons. The molecule has 0 aromatic heterocycles. The normalized spacial score (nSPS) is 13.3. The Kier molecular flexibility index (Phi) is 9.97. The summed E-state index contributed by atoms with van der Waals surface area (Å²) in [5.74, 6) is -1.63. The SMILES string of the molecule is CO[C@H](C)C(=O)N[C@@H](CCC(=O)C=N)C(=O)OCOC(C)C. The van der Waals surface area contributed by atoms with Crippen LogP contribution in [0.3, 0.4) is 0 Å². The third-order valence-corrected chi connectivity index (χ3v) is 2.77. The second-order valence-electron chi connectivity index (χ2n) is 4.89. The van der Waals surface area contributed by atoms with Crippen LogP contribution < -0.4 is 5.32 Å². The maximum absolute atomic E-state index is 11.9. The second kappa shape index (κ2) is 10.9. The molecule has 0 rings (SSSR count). The number of hydrogen-bond donors (Lipinski definition) is 2. The molecule has 0 saturated carbocycles. The summed E-state index contributed by atoms with van der Waals surface area (Å²) in [4.78, 5) is 34.9. The van der Waals surface area contributed by atoms with E-state index in [-0.39, 0.29) is 25.7 Å². The van der Waals surface area contributed by atoms with E-state index in [2.05, 4.69) is 5.32 Å². The lowest BCUT2D eigenvalue weighted by atomic mass is 10.1. The fourth-order valence-corrected chi connectivity index (χ4v) is 1.33. The molecule has 8 nitrogen and oxygen atoms in total. The van der Waals surface area contributed by atoms with Gasteiger partial charge >= 0.3 is 5.97 Å². The molecule has 0 heterocycles. The van der Waals surface area contributed by atoms with Crippen molar-refractivity contribution >= 4 is 23.9 Å². The maximum Gasteiger partial charge on any atom is 0.330 e. The third kappa shape index (κ3) is 8.48. The Morgan fingerprint density at radius 1 is 1.23 bits per heavy atom. The number of Topliss-reactive ketones (excluding diaryl/α,β-unsaturated/α-hetero) is 1. The minimum absolute atomic E-state index is 0.0386. The third-order valence-electron chi connectivity index (χ3n) is 2.77. The van der Waals surface area contributed by atoms with Crippen LogP contribution in [-0.2, 0) is 28.6 Å². The quantitative estimate of drug-likeness (QED) is 0.324. The number of hydrogen-bond acceptors (Lipinski definition) is 7. The predicted octanol–water partition coefficient (Wildman–Crippen LogP) is 0.431. The Bertz CT molecular complexity index is 397. The summed E-state index contributed by atoms with van der Waals surface area (Å²) in [6.45, 7) is 4.87. The molecule has 22 heavy (non-hydrogen) atoms. The number of esters is 1. The molecule has 0 spiro atoms. The molecule has 0 aromatic carbocycles. The first kappa shape index (κ1) is 20.2. The Balaban J connectivity index is 4.61. The lowest BCUT2D eigenvalue weighted by Gasteiger charge is -2.19. The summed E-state index contributed by atoms with van der Waals surface area (Å²) < 4.78 is 14.9. The topological polar surface area (TPSA) is 115 Å². The van der Waals surface area contributed by atoms with Crippen molar-refractivity contribution in [2.75, 3.05) is 13.9 Å². The van der Waals surface area contributed by atoms with Gasteiger partial charge in [0.05, 0.1) is 12.3 Å². The summed E-state index contributed by atoms with van der Waals surface area (Å²) in [7, 11) is 1.37. The monoisotopic (exact) mass is 316 g/mol. The number of methoxy groups -OCH3 is 1. The van der Waals surface area contributed by atoms with Crippen LogP contribution in [0.4, 0.5) is 0 Å². The second-order valence-corrected chi connectivity index (χ2v) is 4.89. The van der Waals surface area contributed by atoms with Gasteiger partial charge < -0.3 is 24.9 Å². The van der Waals surface area contributed by atoms with Crippen LogP contribution in [0.25, 0.3) is 0 Å².